The van der Waals surface area contributed by atoms with Gasteiger partial charge in [-0.1, -0.05) is 18.2 Å². The first-order valence-corrected chi connectivity index (χ1v) is 8.12. The number of benzene rings is 1. The van der Waals surface area contributed by atoms with E-state index in [0.717, 1.165) is 16.7 Å². The molecule has 3 heterocycles. The zero-order valence-electron chi connectivity index (χ0n) is 13.5. The molecule has 0 bridgehead atoms. The molecule has 1 unspecified atom stereocenters. The maximum atomic E-state index is 12.5. The lowest BCUT2D eigenvalue weighted by molar-refractivity contribution is -0.128. The quantitative estimate of drug-likeness (QED) is 0.762. The van der Waals surface area contributed by atoms with Crippen molar-refractivity contribution in [1.29, 1.82) is 0 Å². The summed E-state index contributed by atoms with van der Waals surface area (Å²) in [5.74, 6) is -0.211. The molecule has 2 N–H and O–H groups in total. The molecule has 2 aromatic heterocycles. The third kappa shape index (κ3) is 3.21. The number of imidazole rings is 1. The van der Waals surface area contributed by atoms with Crippen LogP contribution in [-0.2, 0) is 16.1 Å². The number of aromatic amines is 1. The van der Waals surface area contributed by atoms with Gasteiger partial charge in [-0.15, -0.1) is 0 Å². The predicted octanol–water partition coefficient (Wildman–Crippen LogP) is 1.95. The van der Waals surface area contributed by atoms with Crippen molar-refractivity contribution in [3.05, 3.63) is 54.4 Å². The minimum Gasteiger partial charge on any atom is -0.336 e. The average molecular weight is 335 g/mol. The van der Waals surface area contributed by atoms with Crippen LogP contribution in [0.2, 0.25) is 0 Å². The molecule has 1 atom stereocenters. The van der Waals surface area contributed by atoms with Gasteiger partial charge < -0.3 is 9.88 Å². The van der Waals surface area contributed by atoms with Gasteiger partial charge in [0.25, 0.3) is 0 Å². The Morgan fingerprint density at radius 2 is 2.08 bits per heavy atom. The lowest BCUT2D eigenvalue weighted by Gasteiger charge is -2.15. The molecule has 25 heavy (non-hydrogen) atoms. The zero-order chi connectivity index (χ0) is 17.2. The summed E-state index contributed by atoms with van der Waals surface area (Å²) in [6.07, 6.45) is 1.90. The van der Waals surface area contributed by atoms with Crippen LogP contribution < -0.4 is 5.32 Å². The molecule has 7 heteroatoms. The highest BCUT2D eigenvalue weighted by Gasteiger charge is 2.34. The van der Waals surface area contributed by atoms with Crippen molar-refractivity contribution in [2.45, 2.75) is 13.0 Å². The largest absolute Gasteiger partial charge is 0.336 e. The van der Waals surface area contributed by atoms with Crippen LogP contribution in [0.1, 0.15) is 12.1 Å². The molecule has 0 radical (unpaired) electrons. The summed E-state index contributed by atoms with van der Waals surface area (Å²) in [6.45, 7) is 0.815. The first-order chi connectivity index (χ1) is 12.2. The smallest absolute Gasteiger partial charge is 0.232 e. The number of hydrogen-bond donors (Lipinski definition) is 2. The van der Waals surface area contributed by atoms with E-state index in [1.807, 2.05) is 42.5 Å². The van der Waals surface area contributed by atoms with Crippen LogP contribution in [0.15, 0.2) is 48.7 Å². The molecule has 4 rings (SSSR count). The third-order valence-electron chi connectivity index (χ3n) is 4.30. The van der Waals surface area contributed by atoms with Gasteiger partial charge in [-0.25, -0.2) is 4.98 Å². The Hall–Kier alpha value is -3.22. The van der Waals surface area contributed by atoms with Crippen LogP contribution in [-0.4, -0.2) is 38.2 Å². The minimum atomic E-state index is -0.385. The highest BCUT2D eigenvalue weighted by molar-refractivity contribution is 5.97. The van der Waals surface area contributed by atoms with Crippen LogP contribution in [0.5, 0.6) is 0 Å². The van der Waals surface area contributed by atoms with E-state index in [1.165, 1.54) is 0 Å². The van der Waals surface area contributed by atoms with Crippen molar-refractivity contribution in [3.8, 4) is 0 Å². The fraction of sp³-hybridized carbons (Fsp3) is 0.222. The molecule has 0 saturated carbocycles. The minimum absolute atomic E-state index is 0.0320. The normalized spacial score (nSPS) is 17.2. The fourth-order valence-corrected chi connectivity index (χ4v) is 3.02. The second kappa shape index (κ2) is 6.35. The van der Waals surface area contributed by atoms with Crippen LogP contribution in [0.4, 0.5) is 5.95 Å². The molecule has 0 spiro atoms. The van der Waals surface area contributed by atoms with Gasteiger partial charge in [0.15, 0.2) is 0 Å². The summed E-state index contributed by atoms with van der Waals surface area (Å²) in [5.41, 5.74) is 2.46. The predicted molar refractivity (Wildman–Crippen MR) is 92.5 cm³/mol. The van der Waals surface area contributed by atoms with Crippen molar-refractivity contribution in [2.75, 3.05) is 11.9 Å². The second-order valence-electron chi connectivity index (χ2n) is 6.09. The Morgan fingerprint density at radius 1 is 1.24 bits per heavy atom. The monoisotopic (exact) mass is 335 g/mol. The first kappa shape index (κ1) is 15.3. The SMILES string of the molecule is O=C(Nc1nc2ccccc2[nH]1)C1CC(=O)N(Cc2ccccn2)C1. The highest BCUT2D eigenvalue weighted by Crippen LogP contribution is 2.21. The molecule has 3 aromatic rings. The molecule has 2 amide bonds. The Balaban J connectivity index is 1.41. The van der Waals surface area contributed by atoms with Gasteiger partial charge in [-0.3, -0.25) is 19.9 Å². The number of nitrogens with zero attached hydrogens (tertiary/aromatic N) is 3. The van der Waals surface area contributed by atoms with E-state index >= 15 is 0 Å². The lowest BCUT2D eigenvalue weighted by atomic mass is 10.1. The molecular formula is C18H17N5O2. The lowest BCUT2D eigenvalue weighted by Crippen LogP contribution is -2.28. The number of carbonyl (C=O) groups is 2. The molecule has 0 aliphatic carbocycles. The van der Waals surface area contributed by atoms with E-state index in [9.17, 15) is 9.59 Å². The number of hydrogen-bond acceptors (Lipinski definition) is 4. The highest BCUT2D eigenvalue weighted by atomic mass is 16.2. The van der Waals surface area contributed by atoms with E-state index in [0.29, 0.717) is 19.0 Å². The third-order valence-corrected chi connectivity index (χ3v) is 4.30. The second-order valence-corrected chi connectivity index (χ2v) is 6.09. The van der Waals surface area contributed by atoms with Crippen molar-refractivity contribution in [1.82, 2.24) is 19.9 Å². The molecule has 1 aliphatic rings. The summed E-state index contributed by atoms with van der Waals surface area (Å²) in [4.78, 5) is 37.9. The number of anilines is 1. The number of nitrogens with one attached hydrogen (secondary N) is 2. The van der Waals surface area contributed by atoms with E-state index in [1.54, 1.807) is 11.1 Å². The summed E-state index contributed by atoms with van der Waals surface area (Å²) >= 11 is 0. The van der Waals surface area contributed by atoms with Crippen LogP contribution in [0, 0.1) is 5.92 Å². The standard InChI is InChI=1S/C18H17N5O2/c24-16-9-12(10-23(16)11-13-5-3-4-8-19-13)17(25)22-18-20-14-6-1-2-7-15(14)21-18/h1-8,12H,9-11H2,(H2,20,21,22,25). The molecule has 7 nitrogen and oxygen atoms in total. The summed E-state index contributed by atoms with van der Waals surface area (Å²) < 4.78 is 0. The summed E-state index contributed by atoms with van der Waals surface area (Å²) in [7, 11) is 0. The molecule has 1 aromatic carbocycles. The molecule has 126 valence electrons. The Labute approximate surface area is 144 Å². The number of fused-ring (bicyclic) bond motifs is 1. The number of H-pyrrole nitrogens is 1. The number of aromatic nitrogens is 3. The molecular weight excluding hydrogens is 318 g/mol. The van der Waals surface area contributed by atoms with E-state index in [4.69, 9.17) is 0 Å². The van der Waals surface area contributed by atoms with Crippen molar-refractivity contribution >= 4 is 28.8 Å². The Morgan fingerprint density at radius 3 is 2.88 bits per heavy atom. The summed E-state index contributed by atoms with van der Waals surface area (Å²) in [6, 6.07) is 13.1. The van der Waals surface area contributed by atoms with Crippen LogP contribution in [0.3, 0.4) is 0 Å². The number of rotatable bonds is 4. The van der Waals surface area contributed by atoms with Crippen molar-refractivity contribution < 1.29 is 9.59 Å². The van der Waals surface area contributed by atoms with E-state index in [-0.39, 0.29) is 24.2 Å². The van der Waals surface area contributed by atoms with Gasteiger partial charge >= 0.3 is 0 Å². The Bertz CT molecular complexity index is 888. The van der Waals surface area contributed by atoms with E-state index < -0.39 is 0 Å². The number of carbonyl (C=O) groups excluding carboxylic acids is 2. The Kier molecular flexibility index (Phi) is 3.89. The maximum absolute atomic E-state index is 12.5. The van der Waals surface area contributed by atoms with E-state index in [2.05, 4.69) is 20.3 Å². The molecule has 1 fully saturated rings. The maximum Gasteiger partial charge on any atom is 0.232 e. The number of amides is 2. The zero-order valence-corrected chi connectivity index (χ0v) is 13.5. The topological polar surface area (TPSA) is 91.0 Å². The van der Waals surface area contributed by atoms with Crippen molar-refractivity contribution in [2.24, 2.45) is 5.92 Å². The van der Waals surface area contributed by atoms with Gasteiger partial charge in [0, 0.05) is 19.2 Å². The van der Waals surface area contributed by atoms with Gasteiger partial charge in [0.05, 0.1) is 29.2 Å². The first-order valence-electron chi connectivity index (χ1n) is 8.12. The number of pyridine rings is 1. The summed E-state index contributed by atoms with van der Waals surface area (Å²) in [5, 5.41) is 2.78. The number of para-hydroxylation sites is 2. The molecule has 1 saturated heterocycles. The van der Waals surface area contributed by atoms with Crippen molar-refractivity contribution in [3.63, 3.8) is 0 Å². The fourth-order valence-electron chi connectivity index (χ4n) is 3.02. The van der Waals surface area contributed by atoms with Gasteiger partial charge in [0.2, 0.25) is 17.8 Å². The van der Waals surface area contributed by atoms with Gasteiger partial charge in [-0.2, -0.15) is 0 Å². The number of likely N-dealkylation sites (tertiary alicyclic amines) is 1. The molecule has 1 aliphatic heterocycles. The van der Waals surface area contributed by atoms with Gasteiger partial charge in [-0.05, 0) is 24.3 Å². The van der Waals surface area contributed by atoms with Gasteiger partial charge in [0.1, 0.15) is 0 Å². The van der Waals surface area contributed by atoms with Crippen LogP contribution in [0.25, 0.3) is 11.0 Å². The average Bonchev–Trinajstić information content (AvgIpc) is 3.19. The van der Waals surface area contributed by atoms with Crippen LogP contribution >= 0.6 is 0 Å².